The van der Waals surface area contributed by atoms with Crippen LogP contribution < -0.4 is 5.32 Å². The standard InChI is InChI=1S/C13H19N5/c1-3-6-18-10-15-9-13(18)8-14-7-12-4-5-16-11(2)17-12/h4-5,9-10,14H,3,6-8H2,1-2H3. The number of hydrogen-bond acceptors (Lipinski definition) is 4. The molecule has 2 heterocycles. The highest BCUT2D eigenvalue weighted by Crippen LogP contribution is 2.01. The van der Waals surface area contributed by atoms with E-state index in [1.165, 1.54) is 5.69 Å². The monoisotopic (exact) mass is 245 g/mol. The van der Waals surface area contributed by atoms with Gasteiger partial charge in [0.25, 0.3) is 0 Å². The molecule has 0 amide bonds. The third-order valence-corrected chi connectivity index (χ3v) is 2.71. The summed E-state index contributed by atoms with van der Waals surface area (Å²) in [5.74, 6) is 0.810. The van der Waals surface area contributed by atoms with Crippen LogP contribution in [0.2, 0.25) is 0 Å². The van der Waals surface area contributed by atoms with Crippen LogP contribution in [0.3, 0.4) is 0 Å². The van der Waals surface area contributed by atoms with E-state index in [-0.39, 0.29) is 0 Å². The lowest BCUT2D eigenvalue weighted by Gasteiger charge is -2.08. The highest BCUT2D eigenvalue weighted by atomic mass is 15.1. The first-order valence-corrected chi connectivity index (χ1v) is 6.28. The van der Waals surface area contributed by atoms with Gasteiger partial charge in [-0.15, -0.1) is 0 Å². The molecule has 0 aromatic carbocycles. The first kappa shape index (κ1) is 12.7. The summed E-state index contributed by atoms with van der Waals surface area (Å²) in [7, 11) is 0. The molecule has 2 rings (SSSR count). The van der Waals surface area contributed by atoms with Crippen molar-refractivity contribution in [2.75, 3.05) is 0 Å². The molecule has 0 atom stereocenters. The van der Waals surface area contributed by atoms with E-state index in [1.807, 2.05) is 25.5 Å². The molecule has 0 saturated heterocycles. The van der Waals surface area contributed by atoms with Crippen LogP contribution in [0.5, 0.6) is 0 Å². The Kier molecular flexibility index (Phi) is 4.41. The molecule has 5 nitrogen and oxygen atoms in total. The van der Waals surface area contributed by atoms with Crippen LogP contribution in [-0.4, -0.2) is 19.5 Å². The fourth-order valence-corrected chi connectivity index (χ4v) is 1.86. The Balaban J connectivity index is 1.86. The second kappa shape index (κ2) is 6.26. The second-order valence-electron chi connectivity index (χ2n) is 4.28. The van der Waals surface area contributed by atoms with Gasteiger partial charge in [0.2, 0.25) is 0 Å². The lowest BCUT2D eigenvalue weighted by Crippen LogP contribution is -2.16. The van der Waals surface area contributed by atoms with Gasteiger partial charge in [0.1, 0.15) is 5.82 Å². The fourth-order valence-electron chi connectivity index (χ4n) is 1.86. The Bertz CT molecular complexity index is 492. The van der Waals surface area contributed by atoms with Gasteiger partial charge < -0.3 is 9.88 Å². The van der Waals surface area contributed by atoms with Gasteiger partial charge in [0.15, 0.2) is 0 Å². The highest BCUT2D eigenvalue weighted by molar-refractivity contribution is 5.02. The zero-order valence-corrected chi connectivity index (χ0v) is 10.9. The summed E-state index contributed by atoms with van der Waals surface area (Å²) in [5, 5.41) is 3.38. The SMILES string of the molecule is CCCn1cncc1CNCc1ccnc(C)n1. The maximum Gasteiger partial charge on any atom is 0.125 e. The van der Waals surface area contributed by atoms with Gasteiger partial charge in [0.05, 0.1) is 17.7 Å². The van der Waals surface area contributed by atoms with E-state index in [4.69, 9.17) is 0 Å². The van der Waals surface area contributed by atoms with Crippen LogP contribution in [0.1, 0.15) is 30.6 Å². The molecule has 96 valence electrons. The minimum atomic E-state index is 0.751. The van der Waals surface area contributed by atoms with Crippen molar-refractivity contribution in [3.63, 3.8) is 0 Å². The van der Waals surface area contributed by atoms with Crippen molar-refractivity contribution < 1.29 is 0 Å². The highest BCUT2D eigenvalue weighted by Gasteiger charge is 2.01. The van der Waals surface area contributed by atoms with E-state index in [9.17, 15) is 0 Å². The van der Waals surface area contributed by atoms with Gasteiger partial charge in [-0.2, -0.15) is 0 Å². The third kappa shape index (κ3) is 3.37. The summed E-state index contributed by atoms with van der Waals surface area (Å²) in [6.45, 7) is 6.65. The minimum absolute atomic E-state index is 0.751. The normalized spacial score (nSPS) is 10.8. The third-order valence-electron chi connectivity index (χ3n) is 2.71. The molecule has 2 aromatic heterocycles. The van der Waals surface area contributed by atoms with Crippen LogP contribution >= 0.6 is 0 Å². The van der Waals surface area contributed by atoms with E-state index in [1.54, 1.807) is 6.20 Å². The molecule has 0 aliphatic rings. The maximum absolute atomic E-state index is 4.35. The van der Waals surface area contributed by atoms with Crippen molar-refractivity contribution in [3.8, 4) is 0 Å². The van der Waals surface area contributed by atoms with Gasteiger partial charge in [0, 0.05) is 32.0 Å². The molecule has 0 aliphatic heterocycles. The fraction of sp³-hybridized carbons (Fsp3) is 0.462. The van der Waals surface area contributed by atoms with E-state index in [2.05, 4.69) is 31.8 Å². The maximum atomic E-state index is 4.35. The Morgan fingerprint density at radius 3 is 3.00 bits per heavy atom. The zero-order chi connectivity index (χ0) is 12.8. The summed E-state index contributed by atoms with van der Waals surface area (Å²) in [6, 6.07) is 1.93. The molecular weight excluding hydrogens is 226 g/mol. The topological polar surface area (TPSA) is 55.6 Å². The van der Waals surface area contributed by atoms with Crippen LogP contribution in [0, 0.1) is 6.92 Å². The van der Waals surface area contributed by atoms with Gasteiger partial charge in [-0.05, 0) is 19.4 Å². The van der Waals surface area contributed by atoms with Crippen LogP contribution in [-0.2, 0) is 19.6 Å². The summed E-state index contributed by atoms with van der Waals surface area (Å²) >= 11 is 0. The van der Waals surface area contributed by atoms with Crippen molar-refractivity contribution >= 4 is 0 Å². The van der Waals surface area contributed by atoms with Crippen molar-refractivity contribution in [1.29, 1.82) is 0 Å². The number of aryl methyl sites for hydroxylation is 2. The van der Waals surface area contributed by atoms with Crippen LogP contribution in [0.4, 0.5) is 0 Å². The van der Waals surface area contributed by atoms with Gasteiger partial charge in [-0.1, -0.05) is 6.92 Å². The lowest BCUT2D eigenvalue weighted by molar-refractivity contribution is 0.596. The zero-order valence-electron chi connectivity index (χ0n) is 10.9. The Morgan fingerprint density at radius 2 is 2.22 bits per heavy atom. The Hall–Kier alpha value is -1.75. The van der Waals surface area contributed by atoms with Crippen LogP contribution in [0.15, 0.2) is 24.8 Å². The number of imidazole rings is 1. The van der Waals surface area contributed by atoms with Gasteiger partial charge in [-0.3, -0.25) is 0 Å². The van der Waals surface area contributed by atoms with Crippen molar-refractivity contribution in [3.05, 3.63) is 42.0 Å². The average Bonchev–Trinajstić information content (AvgIpc) is 2.78. The first-order valence-electron chi connectivity index (χ1n) is 6.28. The minimum Gasteiger partial charge on any atom is -0.333 e. The van der Waals surface area contributed by atoms with E-state index >= 15 is 0 Å². The average molecular weight is 245 g/mol. The van der Waals surface area contributed by atoms with Gasteiger partial charge in [-0.25, -0.2) is 15.0 Å². The number of nitrogens with zero attached hydrogens (tertiary/aromatic N) is 4. The molecule has 0 unspecified atom stereocenters. The number of hydrogen-bond donors (Lipinski definition) is 1. The number of aromatic nitrogens is 4. The summed E-state index contributed by atoms with van der Waals surface area (Å²) < 4.78 is 2.18. The Morgan fingerprint density at radius 1 is 1.33 bits per heavy atom. The molecule has 1 N–H and O–H groups in total. The van der Waals surface area contributed by atoms with E-state index in [0.29, 0.717) is 0 Å². The van der Waals surface area contributed by atoms with Crippen molar-refractivity contribution in [2.45, 2.75) is 39.9 Å². The molecule has 0 spiro atoms. The molecule has 18 heavy (non-hydrogen) atoms. The predicted molar refractivity (Wildman–Crippen MR) is 69.8 cm³/mol. The molecular formula is C13H19N5. The molecule has 0 fully saturated rings. The van der Waals surface area contributed by atoms with Crippen molar-refractivity contribution in [1.82, 2.24) is 24.8 Å². The second-order valence-corrected chi connectivity index (χ2v) is 4.28. The quantitative estimate of drug-likeness (QED) is 0.841. The summed E-state index contributed by atoms with van der Waals surface area (Å²) in [6.07, 6.45) is 6.71. The number of rotatable bonds is 6. The smallest absolute Gasteiger partial charge is 0.125 e. The summed E-state index contributed by atoms with van der Waals surface area (Å²) in [4.78, 5) is 12.6. The molecule has 0 radical (unpaired) electrons. The Labute approximate surface area is 107 Å². The van der Waals surface area contributed by atoms with Crippen molar-refractivity contribution in [2.24, 2.45) is 0 Å². The first-order chi connectivity index (χ1) is 8.79. The number of nitrogens with one attached hydrogen (secondary N) is 1. The molecule has 0 saturated carbocycles. The summed E-state index contributed by atoms with van der Waals surface area (Å²) in [5.41, 5.74) is 2.23. The molecule has 0 bridgehead atoms. The predicted octanol–water partition coefficient (Wildman–Crippen LogP) is 1.68. The lowest BCUT2D eigenvalue weighted by atomic mass is 10.3. The van der Waals surface area contributed by atoms with Crippen LogP contribution in [0.25, 0.3) is 0 Å². The largest absolute Gasteiger partial charge is 0.333 e. The molecule has 5 heteroatoms. The van der Waals surface area contributed by atoms with Gasteiger partial charge >= 0.3 is 0 Å². The molecule has 2 aromatic rings. The molecule has 0 aliphatic carbocycles. The van der Waals surface area contributed by atoms with E-state index in [0.717, 1.165) is 37.6 Å². The van der Waals surface area contributed by atoms with E-state index < -0.39 is 0 Å².